The summed E-state index contributed by atoms with van der Waals surface area (Å²) in [6, 6.07) is 7.70. The number of amides is 2. The van der Waals surface area contributed by atoms with Crippen LogP contribution in [0.4, 0.5) is 8.78 Å². The SMILES string of the molecule is CN1CCN(C(=O)C2(c3cc4sc(Cc5ccc(F)cc5F)cc4[nH]3)CCN(C=O)CC2)CC1. The van der Waals surface area contributed by atoms with Crippen molar-refractivity contribution in [2.45, 2.75) is 24.7 Å². The number of hydrogen-bond donors (Lipinski definition) is 1. The summed E-state index contributed by atoms with van der Waals surface area (Å²) in [6.45, 7) is 4.21. The van der Waals surface area contributed by atoms with Crippen LogP contribution in [-0.2, 0) is 21.4 Å². The topological polar surface area (TPSA) is 59.7 Å². The van der Waals surface area contributed by atoms with Gasteiger partial charge in [0.1, 0.15) is 11.6 Å². The summed E-state index contributed by atoms with van der Waals surface area (Å²) in [5, 5.41) is 0. The van der Waals surface area contributed by atoms with E-state index in [1.165, 1.54) is 12.1 Å². The van der Waals surface area contributed by atoms with E-state index in [-0.39, 0.29) is 5.91 Å². The number of halogens is 2. The fourth-order valence-corrected chi connectivity index (χ4v) is 6.18. The van der Waals surface area contributed by atoms with Gasteiger partial charge in [-0.05, 0) is 43.7 Å². The maximum absolute atomic E-state index is 14.1. The number of piperazine rings is 1. The number of rotatable bonds is 5. The van der Waals surface area contributed by atoms with Crippen LogP contribution in [0.15, 0.2) is 30.3 Å². The third-order valence-electron chi connectivity index (χ3n) is 7.25. The van der Waals surface area contributed by atoms with Crippen molar-refractivity contribution in [3.8, 4) is 0 Å². The first kappa shape index (κ1) is 23.0. The van der Waals surface area contributed by atoms with Crippen LogP contribution in [0.25, 0.3) is 10.2 Å². The molecule has 2 aromatic heterocycles. The van der Waals surface area contributed by atoms with Crippen molar-refractivity contribution >= 4 is 33.9 Å². The molecule has 1 N–H and O–H groups in total. The highest BCUT2D eigenvalue weighted by Gasteiger charge is 2.46. The summed E-state index contributed by atoms with van der Waals surface area (Å²) in [5.74, 6) is -0.995. The summed E-state index contributed by atoms with van der Waals surface area (Å²) in [6.07, 6.45) is 2.41. The second kappa shape index (κ2) is 9.11. The number of likely N-dealkylation sites (tertiary alicyclic amines) is 1. The Hall–Kier alpha value is -2.78. The van der Waals surface area contributed by atoms with Gasteiger partial charge >= 0.3 is 0 Å². The molecule has 2 saturated heterocycles. The van der Waals surface area contributed by atoms with Gasteiger partial charge in [-0.1, -0.05) is 6.07 Å². The van der Waals surface area contributed by atoms with Crippen LogP contribution in [0.5, 0.6) is 0 Å². The number of H-pyrrole nitrogens is 1. The van der Waals surface area contributed by atoms with E-state index in [2.05, 4.69) is 23.0 Å². The van der Waals surface area contributed by atoms with Crippen molar-refractivity contribution < 1.29 is 18.4 Å². The lowest BCUT2D eigenvalue weighted by Crippen LogP contribution is -2.57. The smallest absolute Gasteiger partial charge is 0.234 e. The van der Waals surface area contributed by atoms with Crippen LogP contribution >= 0.6 is 11.3 Å². The number of aromatic nitrogens is 1. The lowest BCUT2D eigenvalue weighted by atomic mass is 9.74. The van der Waals surface area contributed by atoms with Crippen molar-refractivity contribution in [1.82, 2.24) is 19.7 Å². The molecule has 180 valence electrons. The zero-order valence-corrected chi connectivity index (χ0v) is 20.0. The highest BCUT2D eigenvalue weighted by molar-refractivity contribution is 7.19. The molecule has 5 rings (SSSR count). The molecular formula is C25H28F2N4O2S. The molecule has 2 aliphatic rings. The van der Waals surface area contributed by atoms with E-state index in [9.17, 15) is 18.4 Å². The molecule has 0 radical (unpaired) electrons. The summed E-state index contributed by atoms with van der Waals surface area (Å²) in [5.41, 5.74) is 1.58. The van der Waals surface area contributed by atoms with Crippen molar-refractivity contribution in [3.63, 3.8) is 0 Å². The Bertz CT molecular complexity index is 1180. The first-order valence-corrected chi connectivity index (χ1v) is 12.4. The third-order valence-corrected chi connectivity index (χ3v) is 8.33. The predicted octanol–water partition coefficient (Wildman–Crippen LogP) is 3.36. The standard InChI is InChI=1S/C25H28F2N4O2S/c1-29-8-10-31(11-9-29)24(33)25(4-6-30(16-32)7-5-25)23-15-22-21(28-23)14-19(34-22)12-17-2-3-18(26)13-20(17)27/h2-3,13-16,28H,4-12H2,1H3. The highest BCUT2D eigenvalue weighted by Crippen LogP contribution is 2.40. The number of thiophene rings is 1. The molecule has 0 bridgehead atoms. The normalized spacial score (nSPS) is 19.0. The highest BCUT2D eigenvalue weighted by atomic mass is 32.1. The Kier molecular flexibility index (Phi) is 6.16. The molecule has 0 atom stereocenters. The second-order valence-corrected chi connectivity index (χ2v) is 10.6. The number of hydrogen-bond acceptors (Lipinski definition) is 4. The number of piperidine rings is 1. The predicted molar refractivity (Wildman–Crippen MR) is 128 cm³/mol. The maximum Gasteiger partial charge on any atom is 0.234 e. The van der Waals surface area contributed by atoms with Crippen LogP contribution < -0.4 is 0 Å². The van der Waals surface area contributed by atoms with Crippen molar-refractivity contribution in [2.24, 2.45) is 0 Å². The van der Waals surface area contributed by atoms with Gasteiger partial charge in [0.25, 0.3) is 0 Å². The minimum atomic E-state index is -0.683. The minimum absolute atomic E-state index is 0.133. The van der Waals surface area contributed by atoms with E-state index in [4.69, 9.17) is 0 Å². The first-order chi connectivity index (χ1) is 16.4. The van der Waals surface area contributed by atoms with E-state index < -0.39 is 17.0 Å². The van der Waals surface area contributed by atoms with Gasteiger partial charge in [0.05, 0.1) is 15.6 Å². The molecule has 34 heavy (non-hydrogen) atoms. The molecule has 4 heterocycles. The van der Waals surface area contributed by atoms with Crippen LogP contribution in [0.2, 0.25) is 0 Å². The van der Waals surface area contributed by atoms with Crippen molar-refractivity contribution in [3.05, 3.63) is 58.1 Å². The lowest BCUT2D eigenvalue weighted by Gasteiger charge is -2.43. The van der Waals surface area contributed by atoms with E-state index in [0.717, 1.165) is 46.4 Å². The monoisotopic (exact) mass is 486 g/mol. The fourth-order valence-electron chi connectivity index (χ4n) is 5.09. The molecule has 3 aromatic rings. The maximum atomic E-state index is 14.1. The summed E-state index contributed by atoms with van der Waals surface area (Å²) in [7, 11) is 2.06. The summed E-state index contributed by atoms with van der Waals surface area (Å²) >= 11 is 1.55. The largest absolute Gasteiger partial charge is 0.357 e. The van der Waals surface area contributed by atoms with Gasteiger partial charge in [0.15, 0.2) is 0 Å². The fraction of sp³-hybridized carbons (Fsp3) is 0.440. The molecule has 6 nitrogen and oxygen atoms in total. The number of carbonyl (C=O) groups is 2. The van der Waals surface area contributed by atoms with Gasteiger partial charge in [-0.25, -0.2) is 8.78 Å². The molecule has 2 fully saturated rings. The van der Waals surface area contributed by atoms with E-state index >= 15 is 0 Å². The van der Waals surface area contributed by atoms with Gasteiger partial charge in [-0.2, -0.15) is 0 Å². The van der Waals surface area contributed by atoms with Crippen LogP contribution in [-0.4, -0.2) is 78.3 Å². The van der Waals surface area contributed by atoms with Gasteiger partial charge < -0.3 is 19.7 Å². The van der Waals surface area contributed by atoms with E-state index in [0.29, 0.717) is 51.0 Å². The number of likely N-dealkylation sites (N-methyl/N-ethyl adjacent to an activating group) is 1. The molecule has 2 amide bonds. The van der Waals surface area contributed by atoms with E-state index in [1.54, 1.807) is 16.2 Å². The molecule has 0 aliphatic carbocycles. The van der Waals surface area contributed by atoms with Crippen LogP contribution in [0.1, 0.15) is 29.0 Å². The van der Waals surface area contributed by atoms with Gasteiger partial charge in [0, 0.05) is 62.3 Å². The average molecular weight is 487 g/mol. The Balaban J connectivity index is 1.43. The van der Waals surface area contributed by atoms with Crippen molar-refractivity contribution in [2.75, 3.05) is 46.3 Å². The van der Waals surface area contributed by atoms with E-state index in [1.807, 2.05) is 11.0 Å². The van der Waals surface area contributed by atoms with Crippen LogP contribution in [0.3, 0.4) is 0 Å². The zero-order valence-electron chi connectivity index (χ0n) is 19.2. The molecule has 2 aliphatic heterocycles. The molecule has 0 saturated carbocycles. The summed E-state index contributed by atoms with van der Waals surface area (Å²) < 4.78 is 28.3. The van der Waals surface area contributed by atoms with Gasteiger partial charge in [0.2, 0.25) is 12.3 Å². The second-order valence-electron chi connectivity index (χ2n) is 9.41. The first-order valence-electron chi connectivity index (χ1n) is 11.6. The Morgan fingerprint density at radius 3 is 2.47 bits per heavy atom. The molecule has 9 heteroatoms. The summed E-state index contributed by atoms with van der Waals surface area (Å²) in [4.78, 5) is 35.6. The number of fused-ring (bicyclic) bond motifs is 1. The quantitative estimate of drug-likeness (QED) is 0.563. The Morgan fingerprint density at radius 1 is 1.09 bits per heavy atom. The number of aromatic amines is 1. The Morgan fingerprint density at radius 2 is 1.82 bits per heavy atom. The van der Waals surface area contributed by atoms with Crippen LogP contribution in [0, 0.1) is 11.6 Å². The number of carbonyl (C=O) groups excluding carboxylic acids is 2. The molecule has 0 spiro atoms. The zero-order chi connectivity index (χ0) is 23.9. The number of nitrogens with zero attached hydrogens (tertiary/aromatic N) is 3. The minimum Gasteiger partial charge on any atom is -0.357 e. The number of nitrogens with one attached hydrogen (secondary N) is 1. The number of benzene rings is 1. The average Bonchev–Trinajstić information content (AvgIpc) is 3.40. The van der Waals surface area contributed by atoms with Gasteiger partial charge in [-0.3, -0.25) is 9.59 Å². The lowest BCUT2D eigenvalue weighted by molar-refractivity contribution is -0.142. The Labute approximate surface area is 201 Å². The van der Waals surface area contributed by atoms with Gasteiger partial charge in [-0.15, -0.1) is 11.3 Å². The molecular weight excluding hydrogens is 458 g/mol. The molecule has 1 aromatic carbocycles. The third kappa shape index (κ3) is 4.22. The van der Waals surface area contributed by atoms with Crippen molar-refractivity contribution in [1.29, 1.82) is 0 Å². The molecule has 0 unspecified atom stereocenters.